The van der Waals surface area contributed by atoms with E-state index >= 15 is 0 Å². The van der Waals surface area contributed by atoms with Crippen LogP contribution in [0.15, 0.2) is 54.6 Å². The van der Waals surface area contributed by atoms with Crippen LogP contribution >= 0.6 is 0 Å². The zero-order chi connectivity index (χ0) is 27.5. The summed E-state index contributed by atoms with van der Waals surface area (Å²) in [5.74, 6) is 0.762. The number of ether oxygens (including phenoxy) is 2. The Bertz CT molecular complexity index is 1060. The molecule has 1 heterocycles. The molecule has 8 heteroatoms. The first-order valence-corrected chi connectivity index (χ1v) is 13.4. The van der Waals surface area contributed by atoms with Gasteiger partial charge in [0.05, 0.1) is 12.6 Å². The number of fused-ring (bicyclic) bond motifs is 1. The number of carbonyl (C=O) groups is 3. The molecule has 0 radical (unpaired) electrons. The van der Waals surface area contributed by atoms with Crippen LogP contribution in [0.1, 0.15) is 51.7 Å². The molecule has 0 spiro atoms. The third-order valence-corrected chi connectivity index (χ3v) is 6.35. The Morgan fingerprint density at radius 1 is 0.895 bits per heavy atom. The summed E-state index contributed by atoms with van der Waals surface area (Å²) in [4.78, 5) is 41.3. The Balaban J connectivity index is 1.62. The molecule has 2 atom stereocenters. The van der Waals surface area contributed by atoms with Crippen molar-refractivity contribution in [3.63, 3.8) is 0 Å². The molecule has 3 rings (SSSR count). The van der Waals surface area contributed by atoms with Gasteiger partial charge in [-0.25, -0.2) is 4.79 Å². The van der Waals surface area contributed by atoms with Crippen molar-refractivity contribution in [2.45, 2.75) is 65.8 Å². The van der Waals surface area contributed by atoms with E-state index in [0.717, 1.165) is 16.9 Å². The highest BCUT2D eigenvalue weighted by atomic mass is 16.5. The topological polar surface area (TPSA) is 97.0 Å². The van der Waals surface area contributed by atoms with Crippen LogP contribution in [0.3, 0.4) is 0 Å². The minimum atomic E-state index is -0.806. The maximum atomic E-state index is 13.4. The molecule has 1 aliphatic rings. The van der Waals surface area contributed by atoms with Crippen molar-refractivity contribution in [1.29, 1.82) is 0 Å². The molecule has 0 aromatic heterocycles. The molecule has 2 aromatic rings. The lowest BCUT2D eigenvalue weighted by atomic mass is 9.98. The summed E-state index contributed by atoms with van der Waals surface area (Å²) in [6.07, 6.45) is 0.276. The van der Waals surface area contributed by atoms with Crippen LogP contribution < -0.4 is 15.4 Å². The fourth-order valence-corrected chi connectivity index (χ4v) is 4.47. The third kappa shape index (κ3) is 9.49. The molecule has 8 nitrogen and oxygen atoms in total. The number of hydrogen-bond acceptors (Lipinski definition) is 6. The second-order valence-corrected chi connectivity index (χ2v) is 10.7. The van der Waals surface area contributed by atoms with Gasteiger partial charge in [-0.3, -0.25) is 14.5 Å². The number of carbonyl (C=O) groups excluding carboxylic acids is 3. The van der Waals surface area contributed by atoms with Crippen LogP contribution in [-0.4, -0.2) is 54.5 Å². The molecule has 0 aliphatic carbocycles. The van der Waals surface area contributed by atoms with Crippen LogP contribution in [0.4, 0.5) is 4.79 Å². The van der Waals surface area contributed by atoms with Gasteiger partial charge in [-0.2, -0.15) is 0 Å². The molecule has 206 valence electrons. The largest absolute Gasteiger partial charge is 0.492 e. The van der Waals surface area contributed by atoms with Crippen molar-refractivity contribution < 1.29 is 23.9 Å². The maximum absolute atomic E-state index is 13.4. The third-order valence-electron chi connectivity index (χ3n) is 6.35. The molecular weight excluding hydrogens is 482 g/mol. The van der Waals surface area contributed by atoms with Crippen LogP contribution in [0.2, 0.25) is 0 Å². The molecule has 38 heavy (non-hydrogen) atoms. The minimum absolute atomic E-state index is 0.0543. The molecule has 0 bridgehead atoms. The van der Waals surface area contributed by atoms with Gasteiger partial charge < -0.3 is 20.1 Å². The predicted molar refractivity (Wildman–Crippen MR) is 147 cm³/mol. The standard InChI is InChI=1S/C30H41N3O5/c1-21(2)16-25(27(34)19-33-14-15-37-28-13-9-8-12-24(28)18-33)31-29(35)26(17-22(3)4)32-30(36)38-20-23-10-6-5-7-11-23/h5-13,21-22,25-26H,14-20H2,1-4H3,(H,31,35)(H,32,36)/t25-,26-/m0/s1. The van der Waals surface area contributed by atoms with Gasteiger partial charge in [0.1, 0.15) is 25.0 Å². The van der Waals surface area contributed by atoms with Crippen molar-refractivity contribution in [2.75, 3.05) is 19.7 Å². The Morgan fingerprint density at radius 3 is 2.26 bits per heavy atom. The number of nitrogens with one attached hydrogen (secondary N) is 2. The maximum Gasteiger partial charge on any atom is 0.408 e. The summed E-state index contributed by atoms with van der Waals surface area (Å²) < 4.78 is 11.2. The number of alkyl carbamates (subject to hydrolysis) is 1. The summed E-state index contributed by atoms with van der Waals surface area (Å²) in [6, 6.07) is 15.7. The van der Waals surface area contributed by atoms with Gasteiger partial charge >= 0.3 is 6.09 Å². The van der Waals surface area contributed by atoms with E-state index in [1.165, 1.54) is 0 Å². The smallest absolute Gasteiger partial charge is 0.408 e. The first kappa shape index (κ1) is 29.2. The summed E-state index contributed by atoms with van der Waals surface area (Å²) in [6.45, 7) is 10.0. The lowest BCUT2D eigenvalue weighted by molar-refractivity contribution is -0.130. The minimum Gasteiger partial charge on any atom is -0.492 e. The number of Topliss-reactive ketones (excluding diaryl/α,β-unsaturated/α-hetero) is 1. The Morgan fingerprint density at radius 2 is 1.55 bits per heavy atom. The van der Waals surface area contributed by atoms with Crippen LogP contribution in [0, 0.1) is 11.8 Å². The summed E-state index contributed by atoms with van der Waals surface area (Å²) in [5.41, 5.74) is 1.90. The molecule has 0 unspecified atom stereocenters. The van der Waals surface area contributed by atoms with Gasteiger partial charge in [-0.1, -0.05) is 76.2 Å². The van der Waals surface area contributed by atoms with Crippen molar-refractivity contribution >= 4 is 17.8 Å². The van der Waals surface area contributed by atoms with E-state index in [1.807, 2.05) is 82.3 Å². The lowest BCUT2D eigenvalue weighted by Crippen LogP contribution is -2.53. The molecular formula is C30H41N3O5. The number of para-hydroxylation sites is 1. The number of rotatable bonds is 12. The molecule has 2 N–H and O–H groups in total. The van der Waals surface area contributed by atoms with Gasteiger partial charge in [-0.15, -0.1) is 0 Å². The van der Waals surface area contributed by atoms with Crippen molar-refractivity contribution in [1.82, 2.24) is 15.5 Å². The zero-order valence-electron chi connectivity index (χ0n) is 22.9. The predicted octanol–water partition coefficient (Wildman–Crippen LogP) is 4.32. The number of benzene rings is 2. The van der Waals surface area contributed by atoms with Crippen LogP contribution in [0.25, 0.3) is 0 Å². The molecule has 2 amide bonds. The van der Waals surface area contributed by atoms with Gasteiger partial charge in [0, 0.05) is 18.7 Å². The van der Waals surface area contributed by atoms with E-state index in [9.17, 15) is 14.4 Å². The Hall–Kier alpha value is -3.39. The normalized spacial score (nSPS) is 15.1. The zero-order valence-corrected chi connectivity index (χ0v) is 22.9. The van der Waals surface area contributed by atoms with Crippen molar-refractivity contribution in [2.24, 2.45) is 11.8 Å². The molecule has 2 aromatic carbocycles. The van der Waals surface area contributed by atoms with Crippen molar-refractivity contribution in [3.8, 4) is 5.75 Å². The Labute approximate surface area is 226 Å². The van der Waals surface area contributed by atoms with Gasteiger partial charge in [-0.05, 0) is 36.3 Å². The fraction of sp³-hybridized carbons (Fsp3) is 0.500. The summed E-state index contributed by atoms with van der Waals surface area (Å²) in [7, 11) is 0. The van der Waals surface area contributed by atoms with Crippen LogP contribution in [0.5, 0.6) is 5.75 Å². The number of hydrogen-bond donors (Lipinski definition) is 2. The first-order valence-electron chi connectivity index (χ1n) is 13.4. The molecule has 0 fully saturated rings. The highest BCUT2D eigenvalue weighted by Gasteiger charge is 2.29. The van der Waals surface area contributed by atoms with E-state index in [0.29, 0.717) is 32.5 Å². The number of ketones is 1. The average molecular weight is 524 g/mol. The van der Waals surface area contributed by atoms with E-state index in [1.54, 1.807) is 0 Å². The highest BCUT2D eigenvalue weighted by molar-refractivity contribution is 5.93. The number of nitrogens with zero attached hydrogens (tertiary/aromatic N) is 1. The molecule has 1 aliphatic heterocycles. The van der Waals surface area contributed by atoms with E-state index in [-0.39, 0.29) is 36.7 Å². The summed E-state index contributed by atoms with van der Waals surface area (Å²) >= 11 is 0. The highest BCUT2D eigenvalue weighted by Crippen LogP contribution is 2.22. The Kier molecular flexibility index (Phi) is 11.1. The monoisotopic (exact) mass is 523 g/mol. The van der Waals surface area contributed by atoms with Crippen LogP contribution in [-0.2, 0) is 27.5 Å². The quantitative estimate of drug-likeness (QED) is 0.430. The molecule has 0 saturated heterocycles. The van der Waals surface area contributed by atoms with Gasteiger partial charge in [0.25, 0.3) is 0 Å². The second kappa shape index (κ2) is 14.5. The van der Waals surface area contributed by atoms with E-state index < -0.39 is 18.2 Å². The second-order valence-electron chi connectivity index (χ2n) is 10.7. The number of amides is 2. The summed E-state index contributed by atoms with van der Waals surface area (Å²) in [5, 5.41) is 5.65. The van der Waals surface area contributed by atoms with Crippen molar-refractivity contribution in [3.05, 3.63) is 65.7 Å². The fourth-order valence-electron chi connectivity index (χ4n) is 4.47. The molecule has 0 saturated carbocycles. The average Bonchev–Trinajstić information content (AvgIpc) is 3.08. The van der Waals surface area contributed by atoms with Gasteiger partial charge in [0.2, 0.25) is 5.91 Å². The van der Waals surface area contributed by atoms with E-state index in [2.05, 4.69) is 15.5 Å². The lowest BCUT2D eigenvalue weighted by Gasteiger charge is -2.27. The van der Waals surface area contributed by atoms with Gasteiger partial charge in [0.15, 0.2) is 5.78 Å². The first-order chi connectivity index (χ1) is 18.2. The van der Waals surface area contributed by atoms with E-state index in [4.69, 9.17) is 9.47 Å². The SMILES string of the molecule is CC(C)C[C@H](NC(=O)[C@H](CC(C)C)NC(=O)OCc1ccccc1)C(=O)CN1CCOc2ccccc2C1.